The van der Waals surface area contributed by atoms with E-state index in [2.05, 4.69) is 4.98 Å². The molecule has 0 atom stereocenters. The standard InChI is InChI=1S/C18H22N2O3/c1-20(15-9-10-16(22-2)17(12-15)23-3)18(21)8-4-6-14-7-5-11-19-13-14/h5,7,9-13H,4,6,8H2,1-3H3. The number of anilines is 1. The van der Waals surface area contributed by atoms with E-state index in [0.29, 0.717) is 17.9 Å². The van der Waals surface area contributed by atoms with E-state index in [9.17, 15) is 4.79 Å². The summed E-state index contributed by atoms with van der Waals surface area (Å²) in [7, 11) is 4.94. The fraction of sp³-hybridized carbons (Fsp3) is 0.333. The van der Waals surface area contributed by atoms with Crippen molar-refractivity contribution in [1.82, 2.24) is 4.98 Å². The molecule has 1 aromatic carbocycles. The van der Waals surface area contributed by atoms with Crippen molar-refractivity contribution in [3.8, 4) is 11.5 Å². The van der Waals surface area contributed by atoms with E-state index in [1.54, 1.807) is 44.5 Å². The van der Waals surface area contributed by atoms with Crippen LogP contribution in [0.1, 0.15) is 18.4 Å². The Labute approximate surface area is 136 Å². The van der Waals surface area contributed by atoms with Crippen LogP contribution in [0.2, 0.25) is 0 Å². The highest BCUT2D eigenvalue weighted by atomic mass is 16.5. The summed E-state index contributed by atoms with van der Waals surface area (Å²) in [5, 5.41) is 0. The van der Waals surface area contributed by atoms with Crippen LogP contribution in [0.25, 0.3) is 0 Å². The van der Waals surface area contributed by atoms with Crippen molar-refractivity contribution in [3.05, 3.63) is 48.3 Å². The number of hydrogen-bond donors (Lipinski definition) is 0. The molecule has 0 unspecified atom stereocenters. The highest BCUT2D eigenvalue weighted by Crippen LogP contribution is 2.31. The molecule has 0 fully saturated rings. The molecule has 0 N–H and O–H groups in total. The molecule has 1 amide bonds. The van der Waals surface area contributed by atoms with Crippen molar-refractivity contribution in [2.75, 3.05) is 26.2 Å². The van der Waals surface area contributed by atoms with Crippen molar-refractivity contribution in [1.29, 1.82) is 0 Å². The van der Waals surface area contributed by atoms with Gasteiger partial charge < -0.3 is 14.4 Å². The van der Waals surface area contributed by atoms with Gasteiger partial charge in [0.15, 0.2) is 11.5 Å². The fourth-order valence-corrected chi connectivity index (χ4v) is 2.33. The Balaban J connectivity index is 1.94. The quantitative estimate of drug-likeness (QED) is 0.788. The van der Waals surface area contributed by atoms with Crippen LogP contribution in [0.4, 0.5) is 5.69 Å². The summed E-state index contributed by atoms with van der Waals surface area (Å²) < 4.78 is 10.5. The van der Waals surface area contributed by atoms with Gasteiger partial charge in [0.25, 0.3) is 0 Å². The highest BCUT2D eigenvalue weighted by Gasteiger charge is 2.13. The minimum absolute atomic E-state index is 0.0705. The number of nitrogens with zero attached hydrogens (tertiary/aromatic N) is 2. The predicted octanol–water partition coefficient (Wildman–Crippen LogP) is 3.08. The molecule has 0 aliphatic heterocycles. The maximum absolute atomic E-state index is 12.3. The normalized spacial score (nSPS) is 10.2. The number of pyridine rings is 1. The van der Waals surface area contributed by atoms with Gasteiger partial charge in [-0.15, -0.1) is 0 Å². The van der Waals surface area contributed by atoms with Gasteiger partial charge >= 0.3 is 0 Å². The third kappa shape index (κ3) is 4.45. The first-order valence-electron chi connectivity index (χ1n) is 7.53. The number of ether oxygens (including phenoxy) is 2. The Hall–Kier alpha value is -2.56. The Morgan fingerprint density at radius 3 is 2.61 bits per heavy atom. The van der Waals surface area contributed by atoms with E-state index in [0.717, 1.165) is 24.1 Å². The number of amides is 1. The molecule has 122 valence electrons. The largest absolute Gasteiger partial charge is 0.493 e. The third-order valence-corrected chi connectivity index (χ3v) is 3.71. The predicted molar refractivity (Wildman–Crippen MR) is 90.1 cm³/mol. The van der Waals surface area contributed by atoms with Crippen LogP contribution < -0.4 is 14.4 Å². The average Bonchev–Trinajstić information content (AvgIpc) is 2.61. The first-order valence-corrected chi connectivity index (χ1v) is 7.53. The highest BCUT2D eigenvalue weighted by molar-refractivity contribution is 5.93. The first kappa shape index (κ1) is 16.8. The van der Waals surface area contributed by atoms with Crippen molar-refractivity contribution >= 4 is 11.6 Å². The van der Waals surface area contributed by atoms with Gasteiger partial charge in [-0.2, -0.15) is 0 Å². The zero-order valence-corrected chi connectivity index (χ0v) is 13.8. The fourth-order valence-electron chi connectivity index (χ4n) is 2.33. The molecule has 0 aliphatic carbocycles. The van der Waals surface area contributed by atoms with Gasteiger partial charge in [0.1, 0.15) is 0 Å². The van der Waals surface area contributed by atoms with Crippen molar-refractivity contribution < 1.29 is 14.3 Å². The summed E-state index contributed by atoms with van der Waals surface area (Å²) >= 11 is 0. The molecule has 5 nitrogen and oxygen atoms in total. The Kier molecular flexibility index (Phi) is 5.97. The number of aryl methyl sites for hydroxylation is 1. The molecular formula is C18H22N2O3. The lowest BCUT2D eigenvalue weighted by Gasteiger charge is -2.19. The number of carbonyl (C=O) groups is 1. The zero-order valence-electron chi connectivity index (χ0n) is 13.8. The summed E-state index contributed by atoms with van der Waals surface area (Å²) in [6, 6.07) is 9.38. The van der Waals surface area contributed by atoms with E-state index in [4.69, 9.17) is 9.47 Å². The summed E-state index contributed by atoms with van der Waals surface area (Å²) in [5.41, 5.74) is 1.93. The van der Waals surface area contributed by atoms with E-state index in [-0.39, 0.29) is 5.91 Å². The minimum atomic E-state index is 0.0705. The second-order valence-electron chi connectivity index (χ2n) is 5.21. The van der Waals surface area contributed by atoms with Crippen LogP contribution in [-0.2, 0) is 11.2 Å². The van der Waals surface area contributed by atoms with Crippen LogP contribution >= 0.6 is 0 Å². The van der Waals surface area contributed by atoms with Gasteiger partial charge in [-0.1, -0.05) is 6.07 Å². The number of methoxy groups -OCH3 is 2. The molecular weight excluding hydrogens is 292 g/mol. The van der Waals surface area contributed by atoms with Crippen molar-refractivity contribution in [2.24, 2.45) is 0 Å². The van der Waals surface area contributed by atoms with Gasteiger partial charge in [0.2, 0.25) is 5.91 Å². The van der Waals surface area contributed by atoms with E-state index in [1.807, 2.05) is 24.4 Å². The third-order valence-electron chi connectivity index (χ3n) is 3.71. The van der Waals surface area contributed by atoms with Crippen LogP contribution in [-0.4, -0.2) is 32.2 Å². The Morgan fingerprint density at radius 2 is 1.96 bits per heavy atom. The SMILES string of the molecule is COc1ccc(N(C)C(=O)CCCc2cccnc2)cc1OC. The summed E-state index contributed by atoms with van der Waals surface area (Å²) in [6.45, 7) is 0. The van der Waals surface area contributed by atoms with Crippen LogP contribution in [0.3, 0.4) is 0 Å². The van der Waals surface area contributed by atoms with Gasteiger partial charge in [-0.3, -0.25) is 9.78 Å². The second-order valence-corrected chi connectivity index (χ2v) is 5.21. The Bertz CT molecular complexity index is 644. The van der Waals surface area contributed by atoms with Gasteiger partial charge in [-0.05, 0) is 36.6 Å². The van der Waals surface area contributed by atoms with Gasteiger partial charge in [-0.25, -0.2) is 0 Å². The van der Waals surface area contributed by atoms with E-state index >= 15 is 0 Å². The smallest absolute Gasteiger partial charge is 0.226 e. The van der Waals surface area contributed by atoms with Crippen LogP contribution in [0.5, 0.6) is 11.5 Å². The molecule has 2 aromatic rings. The number of carbonyl (C=O) groups excluding carboxylic acids is 1. The lowest BCUT2D eigenvalue weighted by molar-refractivity contribution is -0.118. The maximum atomic E-state index is 12.3. The molecule has 1 heterocycles. The maximum Gasteiger partial charge on any atom is 0.226 e. The molecule has 0 saturated carbocycles. The van der Waals surface area contributed by atoms with Crippen molar-refractivity contribution in [2.45, 2.75) is 19.3 Å². The molecule has 0 spiro atoms. The Morgan fingerprint density at radius 1 is 1.17 bits per heavy atom. The molecule has 0 radical (unpaired) electrons. The van der Waals surface area contributed by atoms with Crippen LogP contribution in [0.15, 0.2) is 42.7 Å². The molecule has 0 aliphatic rings. The zero-order chi connectivity index (χ0) is 16.7. The second kappa shape index (κ2) is 8.17. The molecule has 23 heavy (non-hydrogen) atoms. The topological polar surface area (TPSA) is 51.7 Å². The number of aromatic nitrogens is 1. The van der Waals surface area contributed by atoms with E-state index in [1.165, 1.54) is 0 Å². The summed E-state index contributed by atoms with van der Waals surface area (Å²) in [6.07, 6.45) is 5.71. The number of hydrogen-bond acceptors (Lipinski definition) is 4. The lowest BCUT2D eigenvalue weighted by Crippen LogP contribution is -2.26. The van der Waals surface area contributed by atoms with Crippen molar-refractivity contribution in [3.63, 3.8) is 0 Å². The number of rotatable bonds is 7. The number of benzene rings is 1. The molecule has 5 heteroatoms. The summed E-state index contributed by atoms with van der Waals surface area (Å²) in [4.78, 5) is 18.0. The molecule has 0 bridgehead atoms. The van der Waals surface area contributed by atoms with Crippen LogP contribution in [0, 0.1) is 0 Å². The molecule has 1 aromatic heterocycles. The molecule has 0 saturated heterocycles. The summed E-state index contributed by atoms with van der Waals surface area (Å²) in [5.74, 6) is 1.33. The average molecular weight is 314 g/mol. The monoisotopic (exact) mass is 314 g/mol. The first-order chi connectivity index (χ1) is 11.2. The van der Waals surface area contributed by atoms with Gasteiger partial charge in [0, 0.05) is 37.6 Å². The lowest BCUT2D eigenvalue weighted by atomic mass is 10.1. The minimum Gasteiger partial charge on any atom is -0.493 e. The molecule has 2 rings (SSSR count). The van der Waals surface area contributed by atoms with Gasteiger partial charge in [0.05, 0.1) is 14.2 Å². The van der Waals surface area contributed by atoms with E-state index < -0.39 is 0 Å².